The zero-order chi connectivity index (χ0) is 16.6. The van der Waals surface area contributed by atoms with Gasteiger partial charge in [0.25, 0.3) is 0 Å². The molecular weight excluding hydrogens is 294 g/mol. The van der Waals surface area contributed by atoms with Gasteiger partial charge >= 0.3 is 0 Å². The third kappa shape index (κ3) is 4.27. The Morgan fingerprint density at radius 1 is 0.917 bits per heavy atom. The topological polar surface area (TPSA) is 12.5 Å². The molecule has 2 aromatic carbocycles. The molecule has 2 aromatic rings. The van der Waals surface area contributed by atoms with Gasteiger partial charge in [0.1, 0.15) is 0 Å². The van der Waals surface area contributed by atoms with E-state index in [-0.39, 0.29) is 0 Å². The number of aryl methyl sites for hydroxylation is 1. The van der Waals surface area contributed by atoms with Crippen LogP contribution in [0.15, 0.2) is 66.2 Å². The maximum Gasteiger partial charge on any atom is 0.0642 e. The second-order valence-corrected chi connectivity index (χ2v) is 6.26. The zero-order valence-corrected chi connectivity index (χ0v) is 14.6. The lowest BCUT2D eigenvalue weighted by Crippen LogP contribution is -2.35. The molecule has 3 rings (SSSR count). The van der Waals surface area contributed by atoms with Crippen molar-refractivity contribution in [3.8, 4) is 0 Å². The highest BCUT2D eigenvalue weighted by Crippen LogP contribution is 2.28. The Morgan fingerprint density at radius 2 is 1.54 bits per heavy atom. The molecule has 1 fully saturated rings. The third-order valence-electron chi connectivity index (χ3n) is 4.69. The van der Waals surface area contributed by atoms with E-state index in [2.05, 4.69) is 72.5 Å². The summed E-state index contributed by atoms with van der Waals surface area (Å²) in [4.78, 5) is 2.52. The monoisotopic (exact) mass is 321 g/mol. The minimum Gasteiger partial charge on any atom is -0.378 e. The fourth-order valence-electron chi connectivity index (χ4n) is 3.40. The van der Waals surface area contributed by atoms with Crippen LogP contribution in [-0.4, -0.2) is 31.2 Å². The van der Waals surface area contributed by atoms with E-state index in [0.29, 0.717) is 0 Å². The lowest BCUT2D eigenvalue weighted by molar-refractivity contribution is 0.0636. The second kappa shape index (κ2) is 8.70. The molecule has 2 nitrogen and oxygen atoms in total. The molecule has 2 heteroatoms. The molecule has 24 heavy (non-hydrogen) atoms. The highest BCUT2D eigenvalue weighted by atomic mass is 16.5. The van der Waals surface area contributed by atoms with Crippen LogP contribution in [0.2, 0.25) is 0 Å². The number of rotatable bonds is 6. The van der Waals surface area contributed by atoms with Crippen LogP contribution in [0.25, 0.3) is 5.70 Å². The van der Waals surface area contributed by atoms with Crippen molar-refractivity contribution in [1.82, 2.24) is 4.90 Å². The molecular formula is C22H27NO. The number of nitrogens with zero attached hydrogens (tertiary/aromatic N) is 1. The lowest BCUT2D eigenvalue weighted by atomic mass is 9.96. The minimum absolute atomic E-state index is 0.825. The Hall–Kier alpha value is -2.06. The molecule has 126 valence electrons. The third-order valence-corrected chi connectivity index (χ3v) is 4.69. The van der Waals surface area contributed by atoms with E-state index in [1.807, 2.05) is 0 Å². The Bertz CT molecular complexity index is 642. The van der Waals surface area contributed by atoms with Crippen molar-refractivity contribution in [3.63, 3.8) is 0 Å². The van der Waals surface area contributed by atoms with Crippen LogP contribution in [0, 0.1) is 0 Å². The second-order valence-electron chi connectivity index (χ2n) is 6.26. The quantitative estimate of drug-likeness (QED) is 0.759. The summed E-state index contributed by atoms with van der Waals surface area (Å²) in [7, 11) is 0. The molecule has 0 unspecified atom stereocenters. The predicted octanol–water partition coefficient (Wildman–Crippen LogP) is 4.77. The SMILES string of the molecule is CC/C(CCc1ccccc1)=C(/c1ccccc1)N1CCOCC1. The minimum atomic E-state index is 0.825. The van der Waals surface area contributed by atoms with E-state index in [9.17, 15) is 0 Å². The van der Waals surface area contributed by atoms with E-state index in [1.54, 1.807) is 5.57 Å². The van der Waals surface area contributed by atoms with Crippen molar-refractivity contribution in [2.24, 2.45) is 0 Å². The van der Waals surface area contributed by atoms with Crippen molar-refractivity contribution in [3.05, 3.63) is 77.4 Å². The van der Waals surface area contributed by atoms with Gasteiger partial charge in [0, 0.05) is 18.8 Å². The average Bonchev–Trinajstić information content (AvgIpc) is 2.67. The molecule has 0 N–H and O–H groups in total. The van der Waals surface area contributed by atoms with E-state index >= 15 is 0 Å². The molecule has 0 atom stereocenters. The van der Waals surface area contributed by atoms with Gasteiger partial charge in [-0.25, -0.2) is 0 Å². The van der Waals surface area contributed by atoms with Crippen LogP contribution in [0.1, 0.15) is 30.9 Å². The Balaban J connectivity index is 1.88. The molecule has 0 aromatic heterocycles. The van der Waals surface area contributed by atoms with Crippen LogP contribution >= 0.6 is 0 Å². The molecule has 1 aliphatic rings. The van der Waals surface area contributed by atoms with E-state index in [1.165, 1.54) is 16.8 Å². The molecule has 0 amide bonds. The number of benzene rings is 2. The Morgan fingerprint density at radius 3 is 2.17 bits per heavy atom. The van der Waals surface area contributed by atoms with Crippen molar-refractivity contribution in [2.45, 2.75) is 26.2 Å². The molecule has 0 radical (unpaired) electrons. The number of allylic oxidation sites excluding steroid dienone is 1. The lowest BCUT2D eigenvalue weighted by Gasteiger charge is -2.33. The van der Waals surface area contributed by atoms with E-state index in [4.69, 9.17) is 4.74 Å². The summed E-state index contributed by atoms with van der Waals surface area (Å²) in [5.74, 6) is 0. The van der Waals surface area contributed by atoms with Crippen molar-refractivity contribution in [2.75, 3.05) is 26.3 Å². The first kappa shape index (κ1) is 16.8. The molecule has 0 spiro atoms. The fraction of sp³-hybridized carbons (Fsp3) is 0.364. The number of ether oxygens (including phenoxy) is 1. The summed E-state index contributed by atoms with van der Waals surface area (Å²) in [6.07, 6.45) is 3.31. The van der Waals surface area contributed by atoms with Gasteiger partial charge in [0.05, 0.1) is 13.2 Å². The summed E-state index contributed by atoms with van der Waals surface area (Å²) in [6, 6.07) is 21.6. The van der Waals surface area contributed by atoms with Gasteiger partial charge in [-0.1, -0.05) is 67.6 Å². The fourth-order valence-corrected chi connectivity index (χ4v) is 3.40. The average molecular weight is 321 g/mol. The van der Waals surface area contributed by atoms with Gasteiger partial charge < -0.3 is 9.64 Å². The van der Waals surface area contributed by atoms with Crippen molar-refractivity contribution < 1.29 is 4.74 Å². The van der Waals surface area contributed by atoms with E-state index in [0.717, 1.165) is 45.6 Å². The van der Waals surface area contributed by atoms with Crippen molar-refractivity contribution in [1.29, 1.82) is 0 Å². The summed E-state index contributed by atoms with van der Waals surface area (Å²) in [6.45, 7) is 5.90. The Labute approximate surface area is 145 Å². The van der Waals surface area contributed by atoms with Gasteiger partial charge in [-0.15, -0.1) is 0 Å². The number of hydrogen-bond acceptors (Lipinski definition) is 2. The van der Waals surface area contributed by atoms with Gasteiger partial charge in [0.2, 0.25) is 0 Å². The van der Waals surface area contributed by atoms with Gasteiger partial charge in [-0.05, 0) is 36.0 Å². The standard InChI is InChI=1S/C22H27NO/c1-2-20(14-13-19-9-5-3-6-10-19)22(21-11-7-4-8-12-21)23-15-17-24-18-16-23/h3-12H,2,13-18H2,1H3/b22-20+. The van der Waals surface area contributed by atoms with E-state index < -0.39 is 0 Å². The van der Waals surface area contributed by atoms with Crippen LogP contribution in [0.3, 0.4) is 0 Å². The smallest absolute Gasteiger partial charge is 0.0642 e. The summed E-state index contributed by atoms with van der Waals surface area (Å²) in [5, 5.41) is 0. The van der Waals surface area contributed by atoms with Crippen LogP contribution < -0.4 is 0 Å². The molecule has 0 bridgehead atoms. The highest BCUT2D eigenvalue weighted by Gasteiger charge is 2.18. The molecule has 1 heterocycles. The maximum absolute atomic E-state index is 5.56. The molecule has 0 aliphatic carbocycles. The highest BCUT2D eigenvalue weighted by molar-refractivity contribution is 5.67. The first-order valence-corrected chi connectivity index (χ1v) is 9.02. The van der Waals surface area contributed by atoms with Crippen LogP contribution in [0.5, 0.6) is 0 Å². The van der Waals surface area contributed by atoms with Crippen LogP contribution in [0.4, 0.5) is 0 Å². The molecule has 1 saturated heterocycles. The first-order valence-electron chi connectivity index (χ1n) is 9.02. The van der Waals surface area contributed by atoms with Gasteiger partial charge in [-0.2, -0.15) is 0 Å². The maximum atomic E-state index is 5.56. The predicted molar refractivity (Wildman–Crippen MR) is 101 cm³/mol. The first-order chi connectivity index (χ1) is 11.9. The molecule has 1 aliphatic heterocycles. The number of morpholine rings is 1. The van der Waals surface area contributed by atoms with Gasteiger partial charge in [0.15, 0.2) is 0 Å². The summed E-state index contributed by atoms with van der Waals surface area (Å²) in [5.41, 5.74) is 5.73. The van der Waals surface area contributed by atoms with Gasteiger partial charge in [-0.3, -0.25) is 0 Å². The zero-order valence-electron chi connectivity index (χ0n) is 14.6. The normalized spacial score (nSPS) is 16.0. The van der Waals surface area contributed by atoms with Crippen LogP contribution in [-0.2, 0) is 11.2 Å². The summed E-state index contributed by atoms with van der Waals surface area (Å²) >= 11 is 0. The summed E-state index contributed by atoms with van der Waals surface area (Å²) < 4.78 is 5.56. The molecule has 0 saturated carbocycles. The number of hydrogen-bond donors (Lipinski definition) is 0. The largest absolute Gasteiger partial charge is 0.378 e. The Kier molecular flexibility index (Phi) is 6.08. The van der Waals surface area contributed by atoms with Crippen molar-refractivity contribution >= 4 is 5.70 Å².